The lowest BCUT2D eigenvalue weighted by molar-refractivity contribution is 0.102. The number of fused-ring (bicyclic) bond motifs is 1. The van der Waals surface area contributed by atoms with Crippen molar-refractivity contribution in [1.82, 2.24) is 9.88 Å². The van der Waals surface area contributed by atoms with Crippen LogP contribution in [0.25, 0.3) is 0 Å². The Balaban J connectivity index is 1.19. The molecule has 41 heavy (non-hydrogen) atoms. The number of aryl methyl sites for hydroxylation is 1. The molecule has 0 saturated carbocycles. The van der Waals surface area contributed by atoms with Crippen LogP contribution in [0.1, 0.15) is 50.2 Å². The second kappa shape index (κ2) is 11.8. The van der Waals surface area contributed by atoms with Crippen LogP contribution in [0.15, 0.2) is 108 Å². The first-order chi connectivity index (χ1) is 20.0. The van der Waals surface area contributed by atoms with Gasteiger partial charge in [-0.2, -0.15) is 0 Å². The van der Waals surface area contributed by atoms with Gasteiger partial charge in [-0.3, -0.25) is 9.69 Å². The molecule has 1 atom stereocenters. The zero-order valence-electron chi connectivity index (χ0n) is 22.7. The Morgan fingerprint density at radius 3 is 2.61 bits per heavy atom. The van der Waals surface area contributed by atoms with E-state index >= 15 is 0 Å². The maximum Gasteiger partial charge on any atom is 0.277 e. The van der Waals surface area contributed by atoms with Gasteiger partial charge >= 0.3 is 0 Å². The van der Waals surface area contributed by atoms with Gasteiger partial charge in [0.15, 0.2) is 12.3 Å². The van der Waals surface area contributed by atoms with Gasteiger partial charge in [0, 0.05) is 24.3 Å². The summed E-state index contributed by atoms with van der Waals surface area (Å²) in [4.78, 5) is 19.2. The van der Waals surface area contributed by atoms with Crippen LogP contribution in [0.3, 0.4) is 0 Å². The molecule has 0 bridgehead atoms. The van der Waals surface area contributed by atoms with E-state index in [1.807, 2.05) is 67.6 Å². The number of halogens is 1. The zero-order valence-corrected chi connectivity index (χ0v) is 22.7. The van der Waals surface area contributed by atoms with E-state index in [1.54, 1.807) is 6.07 Å². The summed E-state index contributed by atoms with van der Waals surface area (Å²) in [6, 6.07) is 30.8. The monoisotopic (exact) mass is 547 g/mol. The number of benzene rings is 4. The minimum absolute atomic E-state index is 0.0538. The molecule has 0 radical (unpaired) electrons. The van der Waals surface area contributed by atoms with Crippen molar-refractivity contribution < 1.29 is 18.3 Å². The molecule has 1 N–H and O–H groups in total. The van der Waals surface area contributed by atoms with Gasteiger partial charge in [-0.05, 0) is 60.4 Å². The number of nitrogens with one attached hydrogen (secondary N) is 1. The predicted molar refractivity (Wildman–Crippen MR) is 155 cm³/mol. The average Bonchev–Trinajstić information content (AvgIpc) is 3.48. The van der Waals surface area contributed by atoms with Crippen LogP contribution in [0, 0.1) is 12.7 Å². The Bertz CT molecular complexity index is 1650. The highest BCUT2D eigenvalue weighted by Crippen LogP contribution is 2.38. The van der Waals surface area contributed by atoms with Crippen LogP contribution in [-0.2, 0) is 19.6 Å². The Morgan fingerprint density at radius 2 is 1.80 bits per heavy atom. The maximum absolute atomic E-state index is 14.6. The number of carbonyl (C=O) groups excluding carboxylic acids is 1. The number of hydrogen-bond donors (Lipinski definition) is 1. The van der Waals surface area contributed by atoms with E-state index in [9.17, 15) is 9.18 Å². The second-order valence-electron chi connectivity index (χ2n) is 10.2. The van der Waals surface area contributed by atoms with Crippen molar-refractivity contribution in [2.45, 2.75) is 32.5 Å². The van der Waals surface area contributed by atoms with E-state index in [0.717, 1.165) is 29.7 Å². The first kappa shape index (κ1) is 26.5. The largest absolute Gasteiger partial charge is 0.484 e. The molecule has 0 saturated heterocycles. The third kappa shape index (κ3) is 6.05. The van der Waals surface area contributed by atoms with Crippen LogP contribution in [-0.4, -0.2) is 22.3 Å². The quantitative estimate of drug-likeness (QED) is 0.224. The summed E-state index contributed by atoms with van der Waals surface area (Å²) in [7, 11) is 0. The summed E-state index contributed by atoms with van der Waals surface area (Å²) in [5, 5.41) is 2.82. The van der Waals surface area contributed by atoms with E-state index in [2.05, 4.69) is 39.5 Å². The lowest BCUT2D eigenvalue weighted by atomic mass is 9.87. The van der Waals surface area contributed by atoms with Gasteiger partial charge in [0.1, 0.15) is 17.8 Å². The van der Waals surface area contributed by atoms with Crippen LogP contribution < -0.4 is 10.1 Å². The van der Waals surface area contributed by atoms with Crippen LogP contribution in [0.2, 0.25) is 0 Å². The number of ether oxygens (including phenoxy) is 1. The van der Waals surface area contributed by atoms with Crippen LogP contribution in [0.5, 0.6) is 5.75 Å². The van der Waals surface area contributed by atoms with Gasteiger partial charge in [-0.15, -0.1) is 0 Å². The van der Waals surface area contributed by atoms with Crippen molar-refractivity contribution in [2.75, 3.05) is 11.9 Å². The third-order valence-corrected chi connectivity index (χ3v) is 7.35. The van der Waals surface area contributed by atoms with Gasteiger partial charge in [-0.25, -0.2) is 9.37 Å². The molecule has 6 rings (SSSR count). The minimum Gasteiger partial charge on any atom is -0.484 e. The summed E-state index contributed by atoms with van der Waals surface area (Å²) < 4.78 is 26.2. The number of oxazole rings is 1. The van der Waals surface area contributed by atoms with Gasteiger partial charge in [0.05, 0.1) is 6.04 Å². The molecule has 1 amide bonds. The topological polar surface area (TPSA) is 67.6 Å². The van der Waals surface area contributed by atoms with Crippen LogP contribution in [0.4, 0.5) is 10.1 Å². The third-order valence-electron chi connectivity index (χ3n) is 7.35. The summed E-state index contributed by atoms with van der Waals surface area (Å²) >= 11 is 0. The van der Waals surface area contributed by atoms with Gasteiger partial charge in [0.2, 0.25) is 5.89 Å². The first-order valence-corrected chi connectivity index (χ1v) is 13.6. The molecule has 1 aliphatic heterocycles. The lowest BCUT2D eigenvalue weighted by Gasteiger charge is -2.38. The van der Waals surface area contributed by atoms with Gasteiger partial charge < -0.3 is 14.5 Å². The van der Waals surface area contributed by atoms with Gasteiger partial charge in [0.25, 0.3) is 5.91 Å². The Labute approximate surface area is 238 Å². The molecular formula is C34H30FN3O3. The molecular weight excluding hydrogens is 517 g/mol. The van der Waals surface area contributed by atoms with Crippen molar-refractivity contribution >= 4 is 11.6 Å². The number of nitrogens with zero attached hydrogens (tertiary/aromatic N) is 2. The Kier molecular flexibility index (Phi) is 7.60. The number of hydrogen-bond acceptors (Lipinski definition) is 5. The summed E-state index contributed by atoms with van der Waals surface area (Å²) in [5.41, 5.74) is 6.16. The summed E-state index contributed by atoms with van der Waals surface area (Å²) in [5.74, 6) is 0.428. The molecule has 1 aromatic heterocycles. The highest BCUT2D eigenvalue weighted by atomic mass is 19.1. The van der Waals surface area contributed by atoms with Crippen LogP contribution >= 0.6 is 0 Å². The van der Waals surface area contributed by atoms with E-state index in [0.29, 0.717) is 29.4 Å². The molecule has 0 fully saturated rings. The predicted octanol–water partition coefficient (Wildman–Crippen LogP) is 7.10. The van der Waals surface area contributed by atoms with E-state index in [1.165, 1.54) is 17.9 Å². The fraction of sp³-hybridized carbons (Fsp3) is 0.176. The number of rotatable bonds is 8. The first-order valence-electron chi connectivity index (χ1n) is 13.6. The summed E-state index contributed by atoms with van der Waals surface area (Å²) in [6.45, 7) is 3.37. The van der Waals surface area contributed by atoms with Gasteiger partial charge in [-0.1, -0.05) is 72.3 Å². The van der Waals surface area contributed by atoms with E-state index < -0.39 is 0 Å². The molecule has 0 spiro atoms. The van der Waals surface area contributed by atoms with E-state index in [4.69, 9.17) is 9.15 Å². The number of aromatic nitrogens is 1. The fourth-order valence-corrected chi connectivity index (χ4v) is 5.23. The van der Waals surface area contributed by atoms with E-state index in [-0.39, 0.29) is 30.1 Å². The Hall–Kier alpha value is -4.75. The molecule has 6 nitrogen and oxygen atoms in total. The van der Waals surface area contributed by atoms with Crippen molar-refractivity contribution in [3.8, 4) is 5.75 Å². The highest BCUT2D eigenvalue weighted by Gasteiger charge is 2.30. The molecule has 4 aromatic carbocycles. The number of amides is 1. The van der Waals surface area contributed by atoms with Crippen molar-refractivity contribution in [3.63, 3.8) is 0 Å². The molecule has 2 heterocycles. The highest BCUT2D eigenvalue weighted by molar-refractivity contribution is 6.02. The lowest BCUT2D eigenvalue weighted by Crippen LogP contribution is -2.36. The minimum atomic E-state index is -0.349. The average molecular weight is 548 g/mol. The molecule has 1 aliphatic rings. The smallest absolute Gasteiger partial charge is 0.277 e. The molecule has 0 aliphatic carbocycles. The van der Waals surface area contributed by atoms with Crippen molar-refractivity contribution in [2.24, 2.45) is 0 Å². The molecule has 5 aromatic rings. The zero-order chi connectivity index (χ0) is 28.2. The molecule has 7 heteroatoms. The van der Waals surface area contributed by atoms with Crippen molar-refractivity contribution in [1.29, 1.82) is 0 Å². The fourth-order valence-electron chi connectivity index (χ4n) is 5.23. The SMILES string of the molecule is Cc1ccc(NC(=O)c2coc(COc3ccc4c(c3)C(c3ccccc3)N(Cc3ccccc3F)CC4)n2)cc1. The summed E-state index contributed by atoms with van der Waals surface area (Å²) in [6.07, 6.45) is 2.19. The standard InChI is InChI=1S/C34H30FN3O3/c1-23-11-14-27(15-12-23)36-34(39)31-21-41-32(37-31)22-40-28-16-13-24-17-18-38(20-26-9-5-6-10-30(26)35)33(29(24)19-28)25-7-3-2-4-8-25/h2-16,19,21,33H,17-18,20,22H2,1H3,(H,36,39). The Morgan fingerprint density at radius 1 is 1.02 bits per heavy atom. The van der Waals surface area contributed by atoms with Crippen molar-refractivity contribution in [3.05, 3.63) is 149 Å². The number of anilines is 1. The number of carbonyl (C=O) groups is 1. The molecule has 206 valence electrons. The second-order valence-corrected chi connectivity index (χ2v) is 10.2. The molecule has 1 unspecified atom stereocenters. The maximum atomic E-state index is 14.6. The normalized spacial score (nSPS) is 14.8.